The fraction of sp³-hybridized carbons (Fsp3) is 0.500. The van der Waals surface area contributed by atoms with Gasteiger partial charge in [0.15, 0.2) is 0 Å². The van der Waals surface area contributed by atoms with Crippen molar-refractivity contribution in [3.63, 3.8) is 0 Å². The lowest BCUT2D eigenvalue weighted by atomic mass is 10.3. The molecule has 0 aliphatic carbocycles. The number of benzene rings is 1. The van der Waals surface area contributed by atoms with Crippen molar-refractivity contribution in [2.75, 3.05) is 13.2 Å². The number of rotatable bonds is 6. The molecule has 0 heterocycles. The summed E-state index contributed by atoms with van der Waals surface area (Å²) < 4.78 is 10.6. The van der Waals surface area contributed by atoms with Crippen LogP contribution < -0.4 is 9.47 Å². The first-order chi connectivity index (χ1) is 7.58. The molecule has 16 heavy (non-hydrogen) atoms. The summed E-state index contributed by atoms with van der Waals surface area (Å²) in [6, 6.07) is 7.11. The summed E-state index contributed by atoms with van der Waals surface area (Å²) in [4.78, 5) is 0. The Morgan fingerprint density at radius 1 is 1.00 bits per heavy atom. The first kappa shape index (κ1) is 12.8. The van der Waals surface area contributed by atoms with E-state index in [0.717, 1.165) is 0 Å². The van der Waals surface area contributed by atoms with E-state index in [1.165, 1.54) is 0 Å². The first-order valence-electron chi connectivity index (χ1n) is 5.29. The molecule has 0 saturated carbocycles. The zero-order chi connectivity index (χ0) is 12.0. The van der Waals surface area contributed by atoms with Gasteiger partial charge in [-0.2, -0.15) is 0 Å². The summed E-state index contributed by atoms with van der Waals surface area (Å²) in [6.07, 6.45) is -0.996. The fourth-order valence-electron chi connectivity index (χ4n) is 1.09. The molecular formula is C12H18O4. The van der Waals surface area contributed by atoms with E-state index in [4.69, 9.17) is 19.7 Å². The van der Waals surface area contributed by atoms with E-state index >= 15 is 0 Å². The number of hydrogen-bond acceptors (Lipinski definition) is 4. The van der Waals surface area contributed by atoms with E-state index in [-0.39, 0.29) is 13.2 Å². The predicted molar refractivity (Wildman–Crippen MR) is 60.8 cm³/mol. The summed E-state index contributed by atoms with van der Waals surface area (Å²) in [5.41, 5.74) is 0. The van der Waals surface area contributed by atoms with Gasteiger partial charge in [-0.3, -0.25) is 0 Å². The van der Waals surface area contributed by atoms with Crippen LogP contribution >= 0.6 is 0 Å². The largest absolute Gasteiger partial charge is 0.491 e. The highest BCUT2D eigenvalue weighted by atomic mass is 16.5. The molecule has 0 amide bonds. The molecule has 0 spiro atoms. The van der Waals surface area contributed by atoms with Crippen molar-refractivity contribution in [1.82, 2.24) is 0 Å². The van der Waals surface area contributed by atoms with Crippen LogP contribution in [0.3, 0.4) is 0 Å². The van der Waals surface area contributed by atoms with Crippen molar-refractivity contribution >= 4 is 0 Å². The van der Waals surface area contributed by atoms with Gasteiger partial charge in [0.1, 0.15) is 24.7 Å². The molecule has 2 unspecified atom stereocenters. The molecule has 1 aromatic rings. The van der Waals surface area contributed by atoms with E-state index in [2.05, 4.69) is 0 Å². The van der Waals surface area contributed by atoms with Crippen LogP contribution in [-0.2, 0) is 0 Å². The molecular weight excluding hydrogens is 208 g/mol. The lowest BCUT2D eigenvalue weighted by Gasteiger charge is -2.11. The number of aliphatic hydroxyl groups is 2. The molecule has 0 radical (unpaired) electrons. The van der Waals surface area contributed by atoms with Gasteiger partial charge in [0, 0.05) is 6.07 Å². The van der Waals surface area contributed by atoms with Crippen molar-refractivity contribution in [3.8, 4) is 11.5 Å². The molecule has 1 rings (SSSR count). The minimum absolute atomic E-state index is 0.250. The van der Waals surface area contributed by atoms with E-state index < -0.39 is 12.2 Å². The number of aliphatic hydroxyl groups excluding tert-OH is 2. The Morgan fingerprint density at radius 2 is 1.44 bits per heavy atom. The van der Waals surface area contributed by atoms with Gasteiger partial charge in [-0.1, -0.05) is 6.07 Å². The van der Waals surface area contributed by atoms with Gasteiger partial charge in [0.2, 0.25) is 0 Å². The Balaban J connectivity index is 2.50. The number of ether oxygens (including phenoxy) is 2. The molecule has 0 bridgehead atoms. The van der Waals surface area contributed by atoms with Crippen LogP contribution in [-0.4, -0.2) is 35.6 Å². The van der Waals surface area contributed by atoms with Crippen LogP contribution in [0.4, 0.5) is 0 Å². The topological polar surface area (TPSA) is 58.9 Å². The van der Waals surface area contributed by atoms with Crippen molar-refractivity contribution in [1.29, 1.82) is 0 Å². The van der Waals surface area contributed by atoms with Gasteiger partial charge < -0.3 is 19.7 Å². The van der Waals surface area contributed by atoms with Crippen LogP contribution in [0, 0.1) is 0 Å². The van der Waals surface area contributed by atoms with Crippen LogP contribution in [0.25, 0.3) is 0 Å². The molecule has 0 aliphatic heterocycles. The van der Waals surface area contributed by atoms with Gasteiger partial charge in [0.25, 0.3) is 0 Å². The Bertz CT molecular complexity index is 282. The maximum absolute atomic E-state index is 9.07. The monoisotopic (exact) mass is 226 g/mol. The van der Waals surface area contributed by atoms with Crippen molar-refractivity contribution < 1.29 is 19.7 Å². The van der Waals surface area contributed by atoms with Crippen LogP contribution in [0.1, 0.15) is 13.8 Å². The predicted octanol–water partition coefficient (Wildman–Crippen LogP) is 1.21. The normalized spacial score (nSPS) is 14.2. The minimum atomic E-state index is -0.498. The lowest BCUT2D eigenvalue weighted by Crippen LogP contribution is -2.14. The van der Waals surface area contributed by atoms with Crippen LogP contribution in [0.2, 0.25) is 0 Å². The second-order valence-corrected chi connectivity index (χ2v) is 3.79. The van der Waals surface area contributed by atoms with Gasteiger partial charge >= 0.3 is 0 Å². The molecule has 4 heteroatoms. The molecule has 1 aromatic carbocycles. The summed E-state index contributed by atoms with van der Waals surface area (Å²) in [5.74, 6) is 1.29. The van der Waals surface area contributed by atoms with E-state index in [9.17, 15) is 0 Å². The highest BCUT2D eigenvalue weighted by Crippen LogP contribution is 2.19. The van der Waals surface area contributed by atoms with Crippen LogP contribution in [0.15, 0.2) is 24.3 Å². The van der Waals surface area contributed by atoms with Gasteiger partial charge in [-0.05, 0) is 26.0 Å². The van der Waals surface area contributed by atoms with E-state index in [1.807, 2.05) is 0 Å². The zero-order valence-corrected chi connectivity index (χ0v) is 9.59. The molecule has 2 N–H and O–H groups in total. The molecule has 0 aromatic heterocycles. The Hall–Kier alpha value is -1.26. The average molecular weight is 226 g/mol. The second kappa shape index (κ2) is 6.35. The smallest absolute Gasteiger partial charge is 0.123 e. The third-order valence-electron chi connectivity index (χ3n) is 1.79. The molecule has 0 fully saturated rings. The van der Waals surface area contributed by atoms with Gasteiger partial charge in [-0.15, -0.1) is 0 Å². The van der Waals surface area contributed by atoms with Crippen molar-refractivity contribution in [2.45, 2.75) is 26.1 Å². The number of hydrogen-bond donors (Lipinski definition) is 2. The van der Waals surface area contributed by atoms with E-state index in [1.54, 1.807) is 38.1 Å². The average Bonchev–Trinajstić information content (AvgIpc) is 2.24. The summed E-state index contributed by atoms with van der Waals surface area (Å²) >= 11 is 0. The maximum atomic E-state index is 9.07. The maximum Gasteiger partial charge on any atom is 0.123 e. The lowest BCUT2D eigenvalue weighted by molar-refractivity contribution is 0.118. The highest BCUT2D eigenvalue weighted by Gasteiger charge is 2.01. The molecule has 0 saturated heterocycles. The Labute approximate surface area is 95.4 Å². The van der Waals surface area contributed by atoms with Crippen molar-refractivity contribution in [2.24, 2.45) is 0 Å². The molecule has 90 valence electrons. The van der Waals surface area contributed by atoms with Gasteiger partial charge in [0.05, 0.1) is 12.2 Å². The highest BCUT2D eigenvalue weighted by molar-refractivity contribution is 5.32. The fourth-order valence-corrected chi connectivity index (χ4v) is 1.09. The van der Waals surface area contributed by atoms with E-state index in [0.29, 0.717) is 11.5 Å². The Morgan fingerprint density at radius 3 is 1.81 bits per heavy atom. The molecule has 0 aliphatic rings. The van der Waals surface area contributed by atoms with Crippen molar-refractivity contribution in [3.05, 3.63) is 24.3 Å². The first-order valence-corrected chi connectivity index (χ1v) is 5.29. The Kier molecular flexibility index (Phi) is 5.08. The zero-order valence-electron chi connectivity index (χ0n) is 9.59. The SMILES string of the molecule is CC(O)COc1cccc(OCC(C)O)c1. The third kappa shape index (κ3) is 5.00. The summed E-state index contributed by atoms with van der Waals surface area (Å²) in [7, 11) is 0. The molecule has 2 atom stereocenters. The van der Waals surface area contributed by atoms with Gasteiger partial charge in [-0.25, -0.2) is 0 Å². The second-order valence-electron chi connectivity index (χ2n) is 3.79. The van der Waals surface area contributed by atoms with Crippen LogP contribution in [0.5, 0.6) is 11.5 Å². The molecule has 4 nitrogen and oxygen atoms in total. The quantitative estimate of drug-likeness (QED) is 0.765. The standard InChI is InChI=1S/C12H18O4/c1-9(13)7-15-11-4-3-5-12(6-11)16-8-10(2)14/h3-6,9-10,13-14H,7-8H2,1-2H3. The summed E-state index contributed by atoms with van der Waals surface area (Å²) in [5, 5.41) is 18.1. The summed E-state index contributed by atoms with van der Waals surface area (Å²) in [6.45, 7) is 3.82. The minimum Gasteiger partial charge on any atom is -0.491 e. The third-order valence-corrected chi connectivity index (χ3v) is 1.79.